The van der Waals surface area contributed by atoms with E-state index in [1.165, 1.54) is 0 Å². The van der Waals surface area contributed by atoms with Crippen molar-refractivity contribution in [1.29, 1.82) is 0 Å². The summed E-state index contributed by atoms with van der Waals surface area (Å²) in [6.45, 7) is 1.19. The maximum Gasteiger partial charge on any atom is 0.488 e. The first kappa shape index (κ1) is 14.3. The van der Waals surface area contributed by atoms with E-state index < -0.39 is 7.12 Å². The SMILES string of the molecule is OB(O)c1ccc(CSc2ccc3c(c2)OCCO3)cc1. The molecule has 0 aliphatic carbocycles. The zero-order valence-corrected chi connectivity index (χ0v) is 12.2. The van der Waals surface area contributed by atoms with E-state index in [1.54, 1.807) is 23.9 Å². The minimum absolute atomic E-state index is 0.503. The Morgan fingerprint density at radius 3 is 2.38 bits per heavy atom. The van der Waals surface area contributed by atoms with E-state index in [0.717, 1.165) is 27.7 Å². The third-order valence-corrected chi connectivity index (χ3v) is 4.26. The molecule has 0 fully saturated rings. The lowest BCUT2D eigenvalue weighted by Gasteiger charge is -2.18. The van der Waals surface area contributed by atoms with Crippen molar-refractivity contribution in [2.75, 3.05) is 13.2 Å². The minimum Gasteiger partial charge on any atom is -0.486 e. The molecule has 108 valence electrons. The maximum absolute atomic E-state index is 9.06. The second kappa shape index (κ2) is 6.43. The van der Waals surface area contributed by atoms with Gasteiger partial charge in [0.1, 0.15) is 13.2 Å². The molecule has 0 unspecified atom stereocenters. The molecule has 1 heterocycles. The Labute approximate surface area is 127 Å². The summed E-state index contributed by atoms with van der Waals surface area (Å²) < 4.78 is 11.1. The molecule has 2 N–H and O–H groups in total. The standard InChI is InChI=1S/C15H15BO4S/c17-16(18)12-3-1-11(2-4-12)10-21-13-5-6-14-15(9-13)20-8-7-19-14/h1-6,9,17-18H,7-8,10H2. The summed E-state index contributed by atoms with van der Waals surface area (Å²) in [5.74, 6) is 2.40. The summed E-state index contributed by atoms with van der Waals surface area (Å²) in [6.07, 6.45) is 0. The fraction of sp³-hybridized carbons (Fsp3) is 0.200. The van der Waals surface area contributed by atoms with Gasteiger partial charge in [0.05, 0.1) is 0 Å². The Hall–Kier alpha value is -1.63. The molecule has 0 saturated carbocycles. The van der Waals surface area contributed by atoms with E-state index in [0.29, 0.717) is 18.7 Å². The van der Waals surface area contributed by atoms with Crippen LogP contribution in [0.2, 0.25) is 0 Å². The van der Waals surface area contributed by atoms with Crippen molar-refractivity contribution < 1.29 is 19.5 Å². The van der Waals surface area contributed by atoms with Crippen molar-refractivity contribution in [3.05, 3.63) is 48.0 Å². The van der Waals surface area contributed by atoms with Crippen molar-refractivity contribution in [1.82, 2.24) is 0 Å². The summed E-state index contributed by atoms with van der Waals surface area (Å²) >= 11 is 1.70. The predicted octanol–water partition coefficient (Wildman–Crippen LogP) is 1.43. The van der Waals surface area contributed by atoms with Gasteiger partial charge in [-0.1, -0.05) is 24.3 Å². The van der Waals surface area contributed by atoms with Crippen LogP contribution in [0.4, 0.5) is 0 Å². The monoisotopic (exact) mass is 302 g/mol. The summed E-state index contributed by atoms with van der Waals surface area (Å²) in [4.78, 5) is 1.12. The molecule has 6 heteroatoms. The molecule has 0 saturated heterocycles. The van der Waals surface area contributed by atoms with Gasteiger partial charge in [0.25, 0.3) is 0 Å². The minimum atomic E-state index is -1.41. The fourth-order valence-electron chi connectivity index (χ4n) is 2.07. The normalized spacial score (nSPS) is 13.0. The van der Waals surface area contributed by atoms with Gasteiger partial charge in [0.15, 0.2) is 11.5 Å². The van der Waals surface area contributed by atoms with Crippen LogP contribution in [-0.2, 0) is 5.75 Å². The number of thioether (sulfide) groups is 1. The van der Waals surface area contributed by atoms with Crippen LogP contribution in [0.15, 0.2) is 47.4 Å². The molecule has 2 aromatic rings. The van der Waals surface area contributed by atoms with Gasteiger partial charge >= 0.3 is 7.12 Å². The number of hydrogen-bond acceptors (Lipinski definition) is 5. The Morgan fingerprint density at radius 2 is 1.67 bits per heavy atom. The van der Waals surface area contributed by atoms with Gasteiger partial charge in [0, 0.05) is 10.6 Å². The van der Waals surface area contributed by atoms with Gasteiger partial charge in [0.2, 0.25) is 0 Å². The lowest BCUT2D eigenvalue weighted by Crippen LogP contribution is -2.29. The fourth-order valence-corrected chi connectivity index (χ4v) is 2.95. The smallest absolute Gasteiger partial charge is 0.486 e. The van der Waals surface area contributed by atoms with Crippen molar-refractivity contribution in [2.24, 2.45) is 0 Å². The molecule has 0 radical (unpaired) electrons. The van der Waals surface area contributed by atoms with E-state index in [-0.39, 0.29) is 0 Å². The first-order valence-corrected chi connectivity index (χ1v) is 7.68. The van der Waals surface area contributed by atoms with Crippen molar-refractivity contribution >= 4 is 24.3 Å². The quantitative estimate of drug-likeness (QED) is 0.661. The Morgan fingerprint density at radius 1 is 0.952 bits per heavy atom. The molecule has 0 atom stereocenters. The first-order chi connectivity index (χ1) is 10.2. The number of ether oxygens (including phenoxy) is 2. The van der Waals surface area contributed by atoms with E-state index in [9.17, 15) is 0 Å². The summed E-state index contributed by atoms with van der Waals surface area (Å²) in [5, 5.41) is 18.1. The second-order valence-corrected chi connectivity index (χ2v) is 5.76. The summed E-state index contributed by atoms with van der Waals surface area (Å²) in [6, 6.07) is 13.2. The van der Waals surface area contributed by atoms with Gasteiger partial charge in [-0.3, -0.25) is 0 Å². The van der Waals surface area contributed by atoms with Gasteiger partial charge in [-0.15, -0.1) is 11.8 Å². The van der Waals surface area contributed by atoms with Crippen LogP contribution in [0.3, 0.4) is 0 Å². The molecule has 0 spiro atoms. The van der Waals surface area contributed by atoms with Crippen LogP contribution in [0.25, 0.3) is 0 Å². The molecule has 3 rings (SSSR count). The number of benzene rings is 2. The van der Waals surface area contributed by atoms with Crippen LogP contribution >= 0.6 is 11.8 Å². The van der Waals surface area contributed by atoms with Crippen LogP contribution in [0.1, 0.15) is 5.56 Å². The molecule has 0 bridgehead atoms. The van der Waals surface area contributed by atoms with Gasteiger partial charge in [-0.2, -0.15) is 0 Å². The highest BCUT2D eigenvalue weighted by Crippen LogP contribution is 2.35. The Balaban J connectivity index is 1.64. The van der Waals surface area contributed by atoms with Gasteiger partial charge in [-0.25, -0.2) is 0 Å². The van der Waals surface area contributed by atoms with Crippen molar-refractivity contribution in [2.45, 2.75) is 10.6 Å². The highest BCUT2D eigenvalue weighted by molar-refractivity contribution is 7.98. The molecule has 21 heavy (non-hydrogen) atoms. The zero-order chi connectivity index (χ0) is 14.7. The maximum atomic E-state index is 9.06. The molecule has 2 aromatic carbocycles. The zero-order valence-electron chi connectivity index (χ0n) is 11.4. The van der Waals surface area contributed by atoms with E-state index in [4.69, 9.17) is 19.5 Å². The van der Waals surface area contributed by atoms with Crippen molar-refractivity contribution in [3.63, 3.8) is 0 Å². The highest BCUT2D eigenvalue weighted by atomic mass is 32.2. The van der Waals surface area contributed by atoms with Crippen LogP contribution in [-0.4, -0.2) is 30.4 Å². The Bertz CT molecular complexity index is 616. The third kappa shape index (κ3) is 3.53. The van der Waals surface area contributed by atoms with Crippen LogP contribution in [0.5, 0.6) is 11.5 Å². The third-order valence-electron chi connectivity index (χ3n) is 3.20. The Kier molecular flexibility index (Phi) is 4.38. The van der Waals surface area contributed by atoms with Gasteiger partial charge < -0.3 is 19.5 Å². The number of fused-ring (bicyclic) bond motifs is 1. The van der Waals surface area contributed by atoms with Crippen LogP contribution < -0.4 is 14.9 Å². The molecule has 4 nitrogen and oxygen atoms in total. The highest BCUT2D eigenvalue weighted by Gasteiger charge is 2.12. The molecule has 1 aliphatic heterocycles. The predicted molar refractivity (Wildman–Crippen MR) is 83.3 cm³/mol. The topological polar surface area (TPSA) is 58.9 Å². The van der Waals surface area contributed by atoms with Gasteiger partial charge in [-0.05, 0) is 29.2 Å². The van der Waals surface area contributed by atoms with E-state index >= 15 is 0 Å². The van der Waals surface area contributed by atoms with Crippen molar-refractivity contribution in [3.8, 4) is 11.5 Å². The molecule has 0 aromatic heterocycles. The average Bonchev–Trinajstić information content (AvgIpc) is 2.53. The first-order valence-electron chi connectivity index (χ1n) is 6.70. The largest absolute Gasteiger partial charge is 0.488 e. The second-order valence-electron chi connectivity index (χ2n) is 4.71. The molecule has 1 aliphatic rings. The number of rotatable bonds is 4. The van der Waals surface area contributed by atoms with E-state index in [1.807, 2.05) is 30.3 Å². The lowest BCUT2D eigenvalue weighted by molar-refractivity contribution is 0.171. The van der Waals surface area contributed by atoms with E-state index in [2.05, 4.69) is 0 Å². The number of hydrogen-bond donors (Lipinski definition) is 2. The average molecular weight is 302 g/mol. The lowest BCUT2D eigenvalue weighted by atomic mass is 9.80. The summed E-state index contributed by atoms with van der Waals surface area (Å²) in [7, 11) is -1.41. The molecular formula is C15H15BO4S. The molecular weight excluding hydrogens is 287 g/mol. The molecule has 0 amide bonds. The van der Waals surface area contributed by atoms with Crippen LogP contribution in [0, 0.1) is 0 Å². The summed E-state index contributed by atoms with van der Waals surface area (Å²) in [5.41, 5.74) is 1.63.